The molecular formula is C16H16N2O2. The second kappa shape index (κ2) is 4.81. The van der Waals surface area contributed by atoms with Crippen LogP contribution in [0.25, 0.3) is 10.9 Å². The minimum Gasteiger partial charge on any atom is -0.504 e. The van der Waals surface area contributed by atoms with E-state index in [0.717, 1.165) is 22.3 Å². The van der Waals surface area contributed by atoms with Crippen LogP contribution in [0.2, 0.25) is 0 Å². The van der Waals surface area contributed by atoms with Crippen molar-refractivity contribution in [1.29, 1.82) is 0 Å². The molecule has 4 heteroatoms. The molecule has 0 unspecified atom stereocenters. The Morgan fingerprint density at radius 2 is 1.95 bits per heavy atom. The molecule has 2 aromatic carbocycles. The first kappa shape index (κ1) is 12.4. The number of hydrogen-bond acceptors (Lipinski definition) is 3. The summed E-state index contributed by atoms with van der Waals surface area (Å²) < 4.78 is 7.68. The lowest BCUT2D eigenvalue weighted by Gasteiger charge is -2.09. The number of fused-ring (bicyclic) bond motifs is 1. The molecule has 3 N–H and O–H groups in total. The molecule has 0 aliphatic rings. The first-order valence-corrected chi connectivity index (χ1v) is 6.40. The Kier molecular flexibility index (Phi) is 2.99. The molecule has 20 heavy (non-hydrogen) atoms. The predicted octanol–water partition coefficient (Wildman–Crippen LogP) is 3.05. The summed E-state index contributed by atoms with van der Waals surface area (Å²) in [6, 6.07) is 14.8. The molecule has 0 radical (unpaired) electrons. The average Bonchev–Trinajstić information content (AvgIpc) is 2.76. The molecule has 1 heterocycles. The lowest BCUT2D eigenvalue weighted by atomic mass is 10.2. The van der Waals surface area contributed by atoms with Crippen molar-refractivity contribution in [1.82, 2.24) is 4.57 Å². The second-order valence-electron chi connectivity index (χ2n) is 4.74. The maximum absolute atomic E-state index is 9.69. The van der Waals surface area contributed by atoms with Gasteiger partial charge in [-0.15, -0.1) is 0 Å². The van der Waals surface area contributed by atoms with E-state index in [-0.39, 0.29) is 5.75 Å². The van der Waals surface area contributed by atoms with Crippen molar-refractivity contribution < 1.29 is 9.84 Å². The molecule has 3 rings (SSSR count). The van der Waals surface area contributed by atoms with Gasteiger partial charge in [0.15, 0.2) is 11.5 Å². The van der Waals surface area contributed by atoms with Gasteiger partial charge in [0.2, 0.25) is 0 Å². The van der Waals surface area contributed by atoms with E-state index in [0.29, 0.717) is 12.4 Å². The summed E-state index contributed by atoms with van der Waals surface area (Å²) in [4.78, 5) is 0. The summed E-state index contributed by atoms with van der Waals surface area (Å²) in [5.74, 6) is 0.622. The number of anilines is 1. The summed E-state index contributed by atoms with van der Waals surface area (Å²) in [6.45, 7) is 0.377. The van der Waals surface area contributed by atoms with Gasteiger partial charge >= 0.3 is 0 Å². The zero-order chi connectivity index (χ0) is 14.1. The molecular weight excluding hydrogens is 252 g/mol. The fourth-order valence-corrected chi connectivity index (χ4v) is 2.37. The highest BCUT2D eigenvalue weighted by Gasteiger charge is 2.09. The zero-order valence-electron chi connectivity index (χ0n) is 11.2. The lowest BCUT2D eigenvalue weighted by molar-refractivity contribution is 0.282. The van der Waals surface area contributed by atoms with Crippen LogP contribution in [0.15, 0.2) is 48.5 Å². The number of hydrogen-bond donors (Lipinski definition) is 2. The van der Waals surface area contributed by atoms with Crippen LogP contribution in [-0.2, 0) is 13.7 Å². The molecule has 3 aromatic rings. The molecule has 4 nitrogen and oxygen atoms in total. The minimum atomic E-state index is 0.144. The first-order chi connectivity index (χ1) is 9.66. The summed E-state index contributed by atoms with van der Waals surface area (Å²) in [7, 11) is 1.96. The van der Waals surface area contributed by atoms with E-state index >= 15 is 0 Å². The van der Waals surface area contributed by atoms with E-state index in [4.69, 9.17) is 10.5 Å². The van der Waals surface area contributed by atoms with Crippen molar-refractivity contribution in [2.45, 2.75) is 6.61 Å². The fraction of sp³-hybridized carbons (Fsp3) is 0.125. The molecule has 0 fully saturated rings. The van der Waals surface area contributed by atoms with Gasteiger partial charge in [-0.1, -0.05) is 24.3 Å². The zero-order valence-corrected chi connectivity index (χ0v) is 11.2. The molecule has 0 aliphatic carbocycles. The maximum Gasteiger partial charge on any atom is 0.161 e. The number of aromatic hydroxyl groups is 1. The highest BCUT2D eigenvalue weighted by molar-refractivity contribution is 5.91. The summed E-state index contributed by atoms with van der Waals surface area (Å²) in [6.07, 6.45) is 0. The highest BCUT2D eigenvalue weighted by Crippen LogP contribution is 2.28. The third kappa shape index (κ3) is 2.05. The van der Waals surface area contributed by atoms with Crippen molar-refractivity contribution in [2.75, 3.05) is 5.73 Å². The minimum absolute atomic E-state index is 0.144. The molecule has 0 bridgehead atoms. The monoisotopic (exact) mass is 268 g/mol. The largest absolute Gasteiger partial charge is 0.504 e. The molecule has 1 aromatic heterocycles. The van der Waals surface area contributed by atoms with Gasteiger partial charge < -0.3 is 20.1 Å². The van der Waals surface area contributed by atoms with E-state index < -0.39 is 0 Å². The van der Waals surface area contributed by atoms with Crippen molar-refractivity contribution in [3.8, 4) is 11.5 Å². The molecule has 0 atom stereocenters. The smallest absolute Gasteiger partial charge is 0.161 e. The van der Waals surface area contributed by atoms with Gasteiger partial charge in [-0.25, -0.2) is 0 Å². The number of nitrogens with two attached hydrogens (primary N) is 1. The summed E-state index contributed by atoms with van der Waals surface area (Å²) >= 11 is 0. The van der Waals surface area contributed by atoms with Crippen LogP contribution < -0.4 is 10.5 Å². The van der Waals surface area contributed by atoms with Gasteiger partial charge in [-0.05, 0) is 24.3 Å². The molecule has 0 saturated carbocycles. The molecule has 102 valence electrons. The number of aryl methyl sites for hydroxylation is 1. The van der Waals surface area contributed by atoms with E-state index in [9.17, 15) is 5.11 Å². The highest BCUT2D eigenvalue weighted by atomic mass is 16.5. The molecule has 0 aliphatic heterocycles. The van der Waals surface area contributed by atoms with Gasteiger partial charge in [-0.2, -0.15) is 0 Å². The Morgan fingerprint density at radius 3 is 2.70 bits per heavy atom. The van der Waals surface area contributed by atoms with E-state index in [1.54, 1.807) is 18.2 Å². The van der Waals surface area contributed by atoms with Crippen molar-refractivity contribution >= 4 is 16.6 Å². The number of ether oxygens (including phenoxy) is 1. The Morgan fingerprint density at radius 1 is 1.15 bits per heavy atom. The van der Waals surface area contributed by atoms with Crippen LogP contribution in [0.1, 0.15) is 5.69 Å². The van der Waals surface area contributed by atoms with Gasteiger partial charge in [0.25, 0.3) is 0 Å². The van der Waals surface area contributed by atoms with Crippen LogP contribution in [0, 0.1) is 0 Å². The topological polar surface area (TPSA) is 60.4 Å². The number of phenols is 1. The number of para-hydroxylation sites is 3. The molecule has 0 amide bonds. The van der Waals surface area contributed by atoms with Crippen LogP contribution in [-0.4, -0.2) is 9.67 Å². The molecule has 0 saturated heterocycles. The van der Waals surface area contributed by atoms with Gasteiger partial charge in [-0.3, -0.25) is 0 Å². The predicted molar refractivity (Wildman–Crippen MR) is 79.8 cm³/mol. The lowest BCUT2D eigenvalue weighted by Crippen LogP contribution is -2.02. The van der Waals surface area contributed by atoms with Crippen LogP contribution in [0.4, 0.5) is 5.69 Å². The van der Waals surface area contributed by atoms with E-state index in [1.165, 1.54) is 0 Å². The Labute approximate surface area is 117 Å². The maximum atomic E-state index is 9.69. The number of nitrogen functional groups attached to an aromatic ring is 1. The Bertz CT molecular complexity index is 762. The quantitative estimate of drug-likeness (QED) is 0.718. The van der Waals surface area contributed by atoms with Crippen LogP contribution in [0.3, 0.4) is 0 Å². The number of benzene rings is 2. The SMILES string of the molecule is Cn1c(COc2ccccc2O)cc2cccc(N)c21. The van der Waals surface area contributed by atoms with Crippen molar-refractivity contribution in [3.63, 3.8) is 0 Å². The van der Waals surface area contributed by atoms with Crippen molar-refractivity contribution in [3.05, 3.63) is 54.2 Å². The number of rotatable bonds is 3. The van der Waals surface area contributed by atoms with E-state index in [1.807, 2.05) is 41.9 Å². The van der Waals surface area contributed by atoms with Gasteiger partial charge in [0.1, 0.15) is 6.61 Å². The van der Waals surface area contributed by atoms with Crippen molar-refractivity contribution in [2.24, 2.45) is 7.05 Å². The van der Waals surface area contributed by atoms with Crippen LogP contribution >= 0.6 is 0 Å². The average molecular weight is 268 g/mol. The van der Waals surface area contributed by atoms with Gasteiger partial charge in [0, 0.05) is 12.4 Å². The summed E-state index contributed by atoms with van der Waals surface area (Å²) in [5, 5.41) is 10.8. The first-order valence-electron chi connectivity index (χ1n) is 6.40. The Hall–Kier alpha value is -2.62. The summed E-state index contributed by atoms with van der Waals surface area (Å²) in [5.41, 5.74) is 8.75. The van der Waals surface area contributed by atoms with E-state index in [2.05, 4.69) is 0 Å². The standard InChI is InChI=1S/C16H16N2O2/c1-18-12(9-11-5-4-6-13(17)16(11)18)10-20-15-8-3-2-7-14(15)19/h2-9,19H,10,17H2,1H3. The fourth-order valence-electron chi connectivity index (χ4n) is 2.37. The Balaban J connectivity index is 1.90. The molecule has 0 spiro atoms. The number of nitrogens with zero attached hydrogens (tertiary/aromatic N) is 1. The second-order valence-corrected chi connectivity index (χ2v) is 4.74. The van der Waals surface area contributed by atoms with Crippen LogP contribution in [0.5, 0.6) is 11.5 Å². The van der Waals surface area contributed by atoms with Gasteiger partial charge in [0.05, 0.1) is 16.9 Å². The number of phenolic OH excluding ortho intramolecular Hbond substituents is 1. The third-order valence-corrected chi connectivity index (χ3v) is 3.43. The third-order valence-electron chi connectivity index (χ3n) is 3.43. The number of aromatic nitrogens is 1. The normalized spacial score (nSPS) is 10.8.